The van der Waals surface area contributed by atoms with Crippen molar-refractivity contribution < 1.29 is 13.2 Å². The van der Waals surface area contributed by atoms with Crippen LogP contribution < -0.4 is 15.8 Å². The van der Waals surface area contributed by atoms with Gasteiger partial charge in [0.15, 0.2) is 0 Å². The van der Waals surface area contributed by atoms with E-state index in [4.69, 9.17) is 5.14 Å². The van der Waals surface area contributed by atoms with E-state index in [2.05, 4.69) is 15.7 Å². The molecule has 1 atom stereocenters. The first-order chi connectivity index (χ1) is 10.8. The molecule has 0 saturated carbocycles. The van der Waals surface area contributed by atoms with E-state index in [0.717, 1.165) is 5.56 Å². The van der Waals surface area contributed by atoms with Crippen LogP contribution in [0.25, 0.3) is 0 Å². The van der Waals surface area contributed by atoms with Gasteiger partial charge in [0, 0.05) is 25.0 Å². The number of nitrogens with two attached hydrogens (primary N) is 1. The molecule has 2 rings (SSSR count). The molecule has 2 aromatic rings. The Hall–Kier alpha value is -2.39. The molecule has 0 unspecified atom stereocenters. The summed E-state index contributed by atoms with van der Waals surface area (Å²) < 4.78 is 24.0. The van der Waals surface area contributed by atoms with E-state index in [1.807, 2.05) is 19.2 Å². The van der Waals surface area contributed by atoms with Crippen LogP contribution in [0.5, 0.6) is 0 Å². The van der Waals surface area contributed by atoms with Gasteiger partial charge in [-0.1, -0.05) is 12.1 Å². The highest BCUT2D eigenvalue weighted by Crippen LogP contribution is 2.08. The van der Waals surface area contributed by atoms with Crippen molar-refractivity contribution in [2.75, 3.05) is 0 Å². The molecule has 4 N–H and O–H groups in total. The lowest BCUT2D eigenvalue weighted by Gasteiger charge is -2.14. The number of aromatic nitrogens is 2. The van der Waals surface area contributed by atoms with Crippen LogP contribution in [0.3, 0.4) is 0 Å². The van der Waals surface area contributed by atoms with Gasteiger partial charge in [0.1, 0.15) is 0 Å². The molecule has 1 aromatic carbocycles. The van der Waals surface area contributed by atoms with Gasteiger partial charge >= 0.3 is 6.03 Å². The third-order valence-electron chi connectivity index (χ3n) is 3.10. The number of primary sulfonamides is 1. The molecule has 0 aliphatic carbocycles. The smallest absolute Gasteiger partial charge is 0.315 e. The summed E-state index contributed by atoms with van der Waals surface area (Å²) in [5.74, 6) is 0. The Morgan fingerprint density at radius 1 is 1.35 bits per heavy atom. The summed E-state index contributed by atoms with van der Waals surface area (Å²) in [6.07, 6.45) is 3.50. The van der Waals surface area contributed by atoms with Crippen molar-refractivity contribution in [1.29, 1.82) is 0 Å². The van der Waals surface area contributed by atoms with E-state index in [1.54, 1.807) is 23.0 Å². The van der Waals surface area contributed by atoms with Gasteiger partial charge in [-0.25, -0.2) is 18.4 Å². The highest BCUT2D eigenvalue weighted by Gasteiger charge is 2.09. The Labute approximate surface area is 134 Å². The molecule has 0 aliphatic heterocycles. The van der Waals surface area contributed by atoms with E-state index in [-0.39, 0.29) is 23.5 Å². The van der Waals surface area contributed by atoms with Crippen molar-refractivity contribution in [3.05, 3.63) is 48.3 Å². The zero-order chi connectivity index (χ0) is 16.9. The number of hydrogen-bond acceptors (Lipinski definition) is 4. The summed E-state index contributed by atoms with van der Waals surface area (Å²) in [6.45, 7) is 2.73. The van der Waals surface area contributed by atoms with Gasteiger partial charge in [-0.05, 0) is 30.7 Å². The summed E-state index contributed by atoms with van der Waals surface area (Å²) in [5.41, 5.74) is 0.771. The van der Waals surface area contributed by atoms with Crippen molar-refractivity contribution in [3.63, 3.8) is 0 Å². The van der Waals surface area contributed by atoms with E-state index in [9.17, 15) is 13.2 Å². The van der Waals surface area contributed by atoms with Gasteiger partial charge in [-0.15, -0.1) is 0 Å². The molecule has 2 amide bonds. The number of benzene rings is 1. The Bertz CT molecular complexity index is 741. The van der Waals surface area contributed by atoms with Gasteiger partial charge in [0.2, 0.25) is 10.0 Å². The average Bonchev–Trinajstić information content (AvgIpc) is 2.97. The Morgan fingerprint density at radius 3 is 2.61 bits per heavy atom. The van der Waals surface area contributed by atoms with E-state index in [1.165, 1.54) is 12.1 Å². The fourth-order valence-corrected chi connectivity index (χ4v) is 2.50. The van der Waals surface area contributed by atoms with Crippen LogP contribution in [0.1, 0.15) is 12.5 Å². The summed E-state index contributed by atoms with van der Waals surface area (Å²) in [6, 6.07) is 7.45. The van der Waals surface area contributed by atoms with Gasteiger partial charge in [0.25, 0.3) is 0 Å². The SMILES string of the molecule is C[C@@H](Cn1cccn1)NC(=O)NCc1ccc(S(N)(=O)=O)cc1. The number of amides is 2. The highest BCUT2D eigenvalue weighted by atomic mass is 32.2. The summed E-state index contributed by atoms with van der Waals surface area (Å²) in [4.78, 5) is 11.9. The Kier molecular flexibility index (Phi) is 5.35. The first-order valence-electron chi connectivity index (χ1n) is 6.98. The molecule has 0 fully saturated rings. The standard InChI is InChI=1S/C14H19N5O3S/c1-11(10-19-8-2-7-17-19)18-14(20)16-9-12-3-5-13(6-4-12)23(15,21)22/h2-8,11H,9-10H2,1H3,(H2,15,21,22)(H2,16,18,20)/t11-/m0/s1. The van der Waals surface area contributed by atoms with Gasteiger partial charge in [-0.2, -0.15) is 5.10 Å². The minimum atomic E-state index is -3.70. The third kappa shape index (κ3) is 5.38. The fraction of sp³-hybridized carbons (Fsp3) is 0.286. The molecule has 0 radical (unpaired) electrons. The third-order valence-corrected chi connectivity index (χ3v) is 4.03. The van der Waals surface area contributed by atoms with E-state index < -0.39 is 10.0 Å². The molecule has 0 aliphatic rings. The molecule has 1 aromatic heterocycles. The molecule has 1 heterocycles. The Morgan fingerprint density at radius 2 is 2.04 bits per heavy atom. The number of carbonyl (C=O) groups excluding carboxylic acids is 1. The maximum atomic E-state index is 11.8. The number of rotatable bonds is 6. The zero-order valence-electron chi connectivity index (χ0n) is 12.6. The van der Waals surface area contributed by atoms with Crippen molar-refractivity contribution in [2.45, 2.75) is 31.0 Å². The summed E-state index contributed by atoms with van der Waals surface area (Å²) >= 11 is 0. The Balaban J connectivity index is 1.80. The number of urea groups is 1. The normalized spacial score (nSPS) is 12.6. The van der Waals surface area contributed by atoms with Crippen molar-refractivity contribution in [1.82, 2.24) is 20.4 Å². The van der Waals surface area contributed by atoms with Gasteiger partial charge in [-0.3, -0.25) is 4.68 Å². The number of carbonyl (C=O) groups is 1. The van der Waals surface area contributed by atoms with Crippen LogP contribution in [0.4, 0.5) is 4.79 Å². The molecular formula is C14H19N5O3S. The maximum absolute atomic E-state index is 11.8. The molecule has 124 valence electrons. The lowest BCUT2D eigenvalue weighted by Crippen LogP contribution is -2.42. The lowest BCUT2D eigenvalue weighted by molar-refractivity contribution is 0.235. The molecule has 0 spiro atoms. The monoisotopic (exact) mass is 337 g/mol. The lowest BCUT2D eigenvalue weighted by atomic mass is 10.2. The minimum absolute atomic E-state index is 0.0403. The molecule has 9 heteroatoms. The molecule has 0 bridgehead atoms. The van der Waals surface area contributed by atoms with Crippen LogP contribution in [0.2, 0.25) is 0 Å². The molecule has 23 heavy (non-hydrogen) atoms. The predicted octanol–water partition coefficient (Wildman–Crippen LogP) is 0.418. The molecular weight excluding hydrogens is 318 g/mol. The van der Waals surface area contributed by atoms with Gasteiger partial charge in [0.05, 0.1) is 11.4 Å². The predicted molar refractivity (Wildman–Crippen MR) is 84.9 cm³/mol. The first-order valence-corrected chi connectivity index (χ1v) is 8.53. The van der Waals surface area contributed by atoms with Gasteiger partial charge < -0.3 is 10.6 Å². The minimum Gasteiger partial charge on any atom is -0.334 e. The number of hydrogen-bond donors (Lipinski definition) is 3. The quantitative estimate of drug-likeness (QED) is 0.707. The second-order valence-electron chi connectivity index (χ2n) is 5.15. The van der Waals surface area contributed by atoms with Crippen molar-refractivity contribution >= 4 is 16.1 Å². The highest BCUT2D eigenvalue weighted by molar-refractivity contribution is 7.89. The summed E-state index contributed by atoms with van der Waals surface area (Å²) in [7, 11) is -3.70. The zero-order valence-corrected chi connectivity index (χ0v) is 13.5. The second-order valence-corrected chi connectivity index (χ2v) is 6.71. The largest absolute Gasteiger partial charge is 0.334 e. The van der Waals surface area contributed by atoms with Crippen molar-refractivity contribution in [3.8, 4) is 0 Å². The molecule has 8 nitrogen and oxygen atoms in total. The molecule has 0 saturated heterocycles. The summed E-state index contributed by atoms with van der Waals surface area (Å²) in [5, 5.41) is 14.6. The second kappa shape index (κ2) is 7.25. The first kappa shape index (κ1) is 17.0. The maximum Gasteiger partial charge on any atom is 0.315 e. The van der Waals surface area contributed by atoms with Crippen LogP contribution in [0.15, 0.2) is 47.6 Å². The van der Waals surface area contributed by atoms with Crippen LogP contribution in [-0.2, 0) is 23.1 Å². The van der Waals surface area contributed by atoms with Crippen LogP contribution in [0, 0.1) is 0 Å². The topological polar surface area (TPSA) is 119 Å². The van der Waals surface area contributed by atoms with Crippen molar-refractivity contribution in [2.24, 2.45) is 5.14 Å². The van der Waals surface area contributed by atoms with E-state index in [0.29, 0.717) is 6.54 Å². The van der Waals surface area contributed by atoms with E-state index >= 15 is 0 Å². The average molecular weight is 337 g/mol. The fourth-order valence-electron chi connectivity index (χ4n) is 1.99. The number of sulfonamides is 1. The van der Waals surface area contributed by atoms with Crippen LogP contribution >= 0.6 is 0 Å². The van der Waals surface area contributed by atoms with Crippen LogP contribution in [-0.4, -0.2) is 30.3 Å². The number of nitrogens with zero attached hydrogens (tertiary/aromatic N) is 2. The number of nitrogens with one attached hydrogen (secondary N) is 2.